The minimum Gasteiger partial charge on any atom is -0.495 e. The summed E-state index contributed by atoms with van der Waals surface area (Å²) in [5, 5.41) is 3.31. The zero-order valence-corrected chi connectivity index (χ0v) is 11.2. The van der Waals surface area contributed by atoms with Crippen LogP contribution in [-0.2, 0) is 0 Å². The first kappa shape index (κ1) is 12.2. The standard InChI is InChI=1S/C12H13ClN2OS/c1-8(10-4-5-11(13)17-10)15-12-6-3-9(16-2)7-14-12/h3-8H,1-2H3,(H,14,15). The lowest BCUT2D eigenvalue weighted by atomic mass is 10.3. The fourth-order valence-electron chi connectivity index (χ4n) is 1.44. The van der Waals surface area contributed by atoms with Crippen molar-refractivity contribution in [1.29, 1.82) is 0 Å². The second-order valence-electron chi connectivity index (χ2n) is 3.59. The molecular formula is C12H13ClN2OS. The molecule has 0 radical (unpaired) electrons. The van der Waals surface area contributed by atoms with Crippen molar-refractivity contribution in [2.45, 2.75) is 13.0 Å². The summed E-state index contributed by atoms with van der Waals surface area (Å²) in [6.07, 6.45) is 1.69. The molecule has 1 atom stereocenters. The molecule has 1 unspecified atom stereocenters. The van der Waals surface area contributed by atoms with Crippen molar-refractivity contribution < 1.29 is 4.74 Å². The molecule has 0 aliphatic heterocycles. The predicted molar refractivity (Wildman–Crippen MR) is 72.2 cm³/mol. The molecule has 1 N–H and O–H groups in total. The van der Waals surface area contributed by atoms with E-state index in [1.54, 1.807) is 24.6 Å². The van der Waals surface area contributed by atoms with Crippen molar-refractivity contribution in [1.82, 2.24) is 4.98 Å². The van der Waals surface area contributed by atoms with Crippen LogP contribution in [0.5, 0.6) is 5.75 Å². The molecule has 2 rings (SSSR count). The zero-order valence-electron chi connectivity index (χ0n) is 9.61. The Labute approximate surface area is 109 Å². The summed E-state index contributed by atoms with van der Waals surface area (Å²) < 4.78 is 5.86. The van der Waals surface area contributed by atoms with Crippen molar-refractivity contribution in [2.24, 2.45) is 0 Å². The van der Waals surface area contributed by atoms with Gasteiger partial charge in [-0.15, -0.1) is 11.3 Å². The van der Waals surface area contributed by atoms with E-state index in [1.807, 2.05) is 24.3 Å². The van der Waals surface area contributed by atoms with Crippen molar-refractivity contribution in [3.63, 3.8) is 0 Å². The number of anilines is 1. The van der Waals surface area contributed by atoms with E-state index in [4.69, 9.17) is 16.3 Å². The first-order valence-electron chi connectivity index (χ1n) is 5.21. The molecule has 90 valence electrons. The van der Waals surface area contributed by atoms with Gasteiger partial charge in [0.1, 0.15) is 11.6 Å². The third kappa shape index (κ3) is 3.11. The summed E-state index contributed by atoms with van der Waals surface area (Å²) in [7, 11) is 1.63. The van der Waals surface area contributed by atoms with Gasteiger partial charge in [-0.3, -0.25) is 0 Å². The van der Waals surface area contributed by atoms with Crippen molar-refractivity contribution in [2.75, 3.05) is 12.4 Å². The maximum absolute atomic E-state index is 5.91. The van der Waals surface area contributed by atoms with E-state index < -0.39 is 0 Å². The predicted octanol–water partition coefficient (Wildman–Crippen LogP) is 3.98. The van der Waals surface area contributed by atoms with Gasteiger partial charge >= 0.3 is 0 Å². The molecule has 2 aromatic heterocycles. The van der Waals surface area contributed by atoms with E-state index in [0.717, 1.165) is 15.9 Å². The minimum absolute atomic E-state index is 0.188. The number of thiophene rings is 1. The first-order chi connectivity index (χ1) is 8.19. The fraction of sp³-hybridized carbons (Fsp3) is 0.250. The molecule has 0 aliphatic rings. The van der Waals surface area contributed by atoms with Gasteiger partial charge in [-0.05, 0) is 31.2 Å². The maximum Gasteiger partial charge on any atom is 0.137 e. The number of hydrogen-bond donors (Lipinski definition) is 1. The number of halogens is 1. The van der Waals surface area contributed by atoms with Gasteiger partial charge in [0.05, 0.1) is 23.7 Å². The lowest BCUT2D eigenvalue weighted by Gasteiger charge is -2.12. The van der Waals surface area contributed by atoms with Gasteiger partial charge in [0.15, 0.2) is 0 Å². The summed E-state index contributed by atoms with van der Waals surface area (Å²) in [5.41, 5.74) is 0. The second kappa shape index (κ2) is 5.38. The Morgan fingerprint density at radius 1 is 1.35 bits per heavy atom. The summed E-state index contributed by atoms with van der Waals surface area (Å²) in [5.74, 6) is 1.57. The lowest BCUT2D eigenvalue weighted by molar-refractivity contribution is 0.413. The third-order valence-electron chi connectivity index (χ3n) is 2.36. The van der Waals surface area contributed by atoms with Crippen molar-refractivity contribution >= 4 is 28.8 Å². The molecule has 0 saturated carbocycles. The van der Waals surface area contributed by atoms with Crippen LogP contribution in [0, 0.1) is 0 Å². The highest BCUT2D eigenvalue weighted by molar-refractivity contribution is 7.16. The Morgan fingerprint density at radius 2 is 2.18 bits per heavy atom. The Bertz CT molecular complexity index is 484. The Morgan fingerprint density at radius 3 is 2.71 bits per heavy atom. The van der Waals surface area contributed by atoms with E-state index in [2.05, 4.69) is 17.2 Å². The molecule has 2 heterocycles. The van der Waals surface area contributed by atoms with Crippen LogP contribution in [0.25, 0.3) is 0 Å². The second-order valence-corrected chi connectivity index (χ2v) is 5.34. The molecule has 0 amide bonds. The largest absolute Gasteiger partial charge is 0.495 e. The van der Waals surface area contributed by atoms with Gasteiger partial charge in [0.2, 0.25) is 0 Å². The first-order valence-corrected chi connectivity index (χ1v) is 6.40. The number of methoxy groups -OCH3 is 1. The van der Waals surface area contributed by atoms with E-state index in [1.165, 1.54) is 4.88 Å². The highest BCUT2D eigenvalue weighted by Crippen LogP contribution is 2.28. The average molecular weight is 269 g/mol. The summed E-state index contributed by atoms with van der Waals surface area (Å²) in [4.78, 5) is 5.44. The summed E-state index contributed by atoms with van der Waals surface area (Å²) >= 11 is 7.48. The zero-order chi connectivity index (χ0) is 12.3. The quantitative estimate of drug-likeness (QED) is 0.911. The number of aromatic nitrogens is 1. The molecule has 3 nitrogen and oxygen atoms in total. The van der Waals surface area contributed by atoms with Gasteiger partial charge < -0.3 is 10.1 Å². The van der Waals surface area contributed by atoms with Crippen LogP contribution in [0.3, 0.4) is 0 Å². The van der Waals surface area contributed by atoms with Crippen LogP contribution in [0.15, 0.2) is 30.5 Å². The number of rotatable bonds is 4. The van der Waals surface area contributed by atoms with E-state index >= 15 is 0 Å². The third-order valence-corrected chi connectivity index (χ3v) is 3.77. The molecule has 5 heteroatoms. The van der Waals surface area contributed by atoms with Crippen LogP contribution in [0.4, 0.5) is 5.82 Å². The van der Waals surface area contributed by atoms with Crippen molar-refractivity contribution in [3.05, 3.63) is 39.7 Å². The highest BCUT2D eigenvalue weighted by atomic mass is 35.5. The van der Waals surface area contributed by atoms with Crippen LogP contribution in [0.2, 0.25) is 4.34 Å². The van der Waals surface area contributed by atoms with Gasteiger partial charge in [-0.1, -0.05) is 11.6 Å². The summed E-state index contributed by atoms with van der Waals surface area (Å²) in [6, 6.07) is 7.89. The number of pyridine rings is 1. The Hall–Kier alpha value is -1.26. The monoisotopic (exact) mass is 268 g/mol. The van der Waals surface area contributed by atoms with Crippen LogP contribution in [-0.4, -0.2) is 12.1 Å². The lowest BCUT2D eigenvalue weighted by Crippen LogP contribution is -2.06. The van der Waals surface area contributed by atoms with E-state index in [0.29, 0.717) is 0 Å². The normalized spacial score (nSPS) is 12.2. The fourth-order valence-corrected chi connectivity index (χ4v) is 2.50. The van der Waals surface area contributed by atoms with E-state index in [9.17, 15) is 0 Å². The van der Waals surface area contributed by atoms with Crippen LogP contribution >= 0.6 is 22.9 Å². The number of nitrogens with one attached hydrogen (secondary N) is 1. The SMILES string of the molecule is COc1ccc(NC(C)c2ccc(Cl)s2)nc1. The van der Waals surface area contributed by atoms with Gasteiger partial charge in [0, 0.05) is 4.88 Å². The molecule has 0 spiro atoms. The van der Waals surface area contributed by atoms with Crippen molar-refractivity contribution in [3.8, 4) is 5.75 Å². The minimum atomic E-state index is 0.188. The average Bonchev–Trinajstić information content (AvgIpc) is 2.77. The summed E-state index contributed by atoms with van der Waals surface area (Å²) in [6.45, 7) is 2.08. The van der Waals surface area contributed by atoms with E-state index in [-0.39, 0.29) is 6.04 Å². The highest BCUT2D eigenvalue weighted by Gasteiger charge is 2.08. The molecular weight excluding hydrogens is 256 g/mol. The topological polar surface area (TPSA) is 34.1 Å². The number of ether oxygens (including phenoxy) is 1. The number of nitrogens with zero attached hydrogens (tertiary/aromatic N) is 1. The Balaban J connectivity index is 2.04. The van der Waals surface area contributed by atoms with Gasteiger partial charge in [-0.25, -0.2) is 4.98 Å². The smallest absolute Gasteiger partial charge is 0.137 e. The molecule has 17 heavy (non-hydrogen) atoms. The van der Waals surface area contributed by atoms with Gasteiger partial charge in [-0.2, -0.15) is 0 Å². The molecule has 0 fully saturated rings. The molecule has 0 aliphatic carbocycles. The molecule has 0 aromatic carbocycles. The molecule has 2 aromatic rings. The molecule has 0 bridgehead atoms. The molecule has 0 saturated heterocycles. The van der Waals surface area contributed by atoms with Crippen LogP contribution < -0.4 is 10.1 Å². The Kier molecular flexibility index (Phi) is 3.86. The van der Waals surface area contributed by atoms with Gasteiger partial charge in [0.25, 0.3) is 0 Å². The maximum atomic E-state index is 5.91. The number of hydrogen-bond acceptors (Lipinski definition) is 4. The van der Waals surface area contributed by atoms with Crippen LogP contribution in [0.1, 0.15) is 17.8 Å².